The number of anilines is 1. The van der Waals surface area contributed by atoms with Gasteiger partial charge in [-0.15, -0.1) is 0 Å². The average Bonchev–Trinajstić information content (AvgIpc) is 3.02. The first-order valence-electron chi connectivity index (χ1n) is 8.99. The van der Waals surface area contributed by atoms with Crippen LogP contribution in [0.5, 0.6) is 0 Å². The summed E-state index contributed by atoms with van der Waals surface area (Å²) in [6.45, 7) is 1.72. The minimum absolute atomic E-state index is 0.0127. The Morgan fingerprint density at radius 2 is 1.93 bits per heavy atom. The van der Waals surface area contributed by atoms with Crippen LogP contribution in [0.15, 0.2) is 53.0 Å². The lowest BCUT2D eigenvalue weighted by Crippen LogP contribution is -2.33. The highest BCUT2D eigenvalue weighted by molar-refractivity contribution is 9.10. The molecule has 0 bridgehead atoms. The highest BCUT2D eigenvalue weighted by atomic mass is 79.9. The summed E-state index contributed by atoms with van der Waals surface area (Å²) in [7, 11) is 4.05. The molecule has 0 aliphatic carbocycles. The van der Waals surface area contributed by atoms with Gasteiger partial charge in [-0.1, -0.05) is 46.3 Å². The molecule has 0 radical (unpaired) electrons. The number of nitrogens with one attached hydrogen (secondary N) is 1. The molecule has 1 aliphatic rings. The number of carbonyl (C=O) groups excluding carboxylic acids is 2. The zero-order valence-electron chi connectivity index (χ0n) is 15.6. The Hall–Kier alpha value is -2.18. The number of benzene rings is 2. The van der Waals surface area contributed by atoms with Crippen LogP contribution in [-0.4, -0.2) is 37.4 Å². The van der Waals surface area contributed by atoms with E-state index in [9.17, 15) is 9.59 Å². The van der Waals surface area contributed by atoms with Crippen molar-refractivity contribution in [2.75, 3.05) is 25.5 Å². The van der Waals surface area contributed by atoms with Crippen molar-refractivity contribution in [3.63, 3.8) is 0 Å². The van der Waals surface area contributed by atoms with Crippen LogP contribution in [0.4, 0.5) is 5.69 Å². The van der Waals surface area contributed by atoms with Crippen LogP contribution in [0.3, 0.4) is 0 Å². The van der Waals surface area contributed by atoms with E-state index in [0.717, 1.165) is 22.3 Å². The number of hydrogen-bond acceptors (Lipinski definition) is 3. The Kier molecular flexibility index (Phi) is 6.29. The molecule has 1 heterocycles. The van der Waals surface area contributed by atoms with Crippen molar-refractivity contribution in [2.45, 2.75) is 19.5 Å². The van der Waals surface area contributed by atoms with Gasteiger partial charge >= 0.3 is 0 Å². The van der Waals surface area contributed by atoms with Crippen molar-refractivity contribution >= 4 is 33.4 Å². The summed E-state index contributed by atoms with van der Waals surface area (Å²) in [6, 6.07) is 15.7. The summed E-state index contributed by atoms with van der Waals surface area (Å²) in [5.41, 5.74) is 3.12. The Bertz CT molecular complexity index is 838. The predicted octanol–water partition coefficient (Wildman–Crippen LogP) is 3.18. The highest BCUT2D eigenvalue weighted by Gasteiger charge is 2.35. The third-order valence-electron chi connectivity index (χ3n) is 4.67. The Labute approximate surface area is 168 Å². The number of hydrogen-bond donors (Lipinski definition) is 1. The average molecular weight is 430 g/mol. The SMILES string of the molecule is CN(C)Cc1ccccc1CNC(=O)[C@@H]1CC(=O)N(c2cccc(Br)c2)C1. The third kappa shape index (κ3) is 4.96. The minimum Gasteiger partial charge on any atom is -0.352 e. The van der Waals surface area contributed by atoms with E-state index < -0.39 is 0 Å². The summed E-state index contributed by atoms with van der Waals surface area (Å²) in [5, 5.41) is 3.01. The lowest BCUT2D eigenvalue weighted by atomic mass is 10.1. The maximum absolute atomic E-state index is 12.6. The zero-order chi connectivity index (χ0) is 19.4. The molecular weight excluding hydrogens is 406 g/mol. The predicted molar refractivity (Wildman–Crippen MR) is 110 cm³/mol. The summed E-state index contributed by atoms with van der Waals surface area (Å²) in [6.07, 6.45) is 0.248. The summed E-state index contributed by atoms with van der Waals surface area (Å²) in [4.78, 5) is 28.8. The van der Waals surface area contributed by atoms with Crippen molar-refractivity contribution in [2.24, 2.45) is 5.92 Å². The van der Waals surface area contributed by atoms with E-state index in [0.29, 0.717) is 13.1 Å². The Morgan fingerprint density at radius 1 is 1.19 bits per heavy atom. The smallest absolute Gasteiger partial charge is 0.227 e. The molecule has 1 fully saturated rings. The maximum atomic E-state index is 12.6. The van der Waals surface area contributed by atoms with E-state index in [4.69, 9.17) is 0 Å². The molecule has 27 heavy (non-hydrogen) atoms. The van der Waals surface area contributed by atoms with E-state index >= 15 is 0 Å². The molecule has 142 valence electrons. The van der Waals surface area contributed by atoms with Gasteiger partial charge in [0.25, 0.3) is 0 Å². The first-order chi connectivity index (χ1) is 12.9. The van der Waals surface area contributed by atoms with Crippen molar-refractivity contribution in [1.82, 2.24) is 10.2 Å². The van der Waals surface area contributed by atoms with Crippen LogP contribution in [0.1, 0.15) is 17.5 Å². The molecule has 1 aliphatic heterocycles. The van der Waals surface area contributed by atoms with E-state index in [1.165, 1.54) is 5.56 Å². The third-order valence-corrected chi connectivity index (χ3v) is 5.17. The highest BCUT2D eigenvalue weighted by Crippen LogP contribution is 2.27. The summed E-state index contributed by atoms with van der Waals surface area (Å²) < 4.78 is 0.915. The van der Waals surface area contributed by atoms with Gasteiger partial charge in [0.15, 0.2) is 0 Å². The summed E-state index contributed by atoms with van der Waals surface area (Å²) in [5.74, 6) is -0.403. The second-order valence-corrected chi connectivity index (χ2v) is 8.03. The van der Waals surface area contributed by atoms with Crippen molar-refractivity contribution in [3.05, 3.63) is 64.1 Å². The number of nitrogens with zero attached hydrogens (tertiary/aromatic N) is 2. The van der Waals surface area contributed by atoms with E-state index in [1.54, 1.807) is 4.90 Å². The molecule has 0 aromatic heterocycles. The molecule has 0 unspecified atom stereocenters. The molecule has 2 amide bonds. The van der Waals surface area contributed by atoms with Crippen LogP contribution in [0.25, 0.3) is 0 Å². The molecule has 2 aromatic carbocycles. The molecule has 3 rings (SSSR count). The molecule has 2 aromatic rings. The fourth-order valence-corrected chi connectivity index (χ4v) is 3.72. The van der Waals surface area contributed by atoms with E-state index in [2.05, 4.69) is 32.2 Å². The summed E-state index contributed by atoms with van der Waals surface area (Å²) >= 11 is 3.43. The van der Waals surface area contributed by atoms with Crippen molar-refractivity contribution in [1.29, 1.82) is 0 Å². The quantitative estimate of drug-likeness (QED) is 0.766. The van der Waals surface area contributed by atoms with Crippen LogP contribution >= 0.6 is 15.9 Å². The normalized spacial score (nSPS) is 16.8. The molecule has 1 saturated heterocycles. The van der Waals surface area contributed by atoms with Gasteiger partial charge in [0.1, 0.15) is 0 Å². The molecule has 0 spiro atoms. The van der Waals surface area contributed by atoms with Gasteiger partial charge in [0, 0.05) is 36.2 Å². The minimum atomic E-state index is -0.322. The van der Waals surface area contributed by atoms with Gasteiger partial charge < -0.3 is 15.1 Å². The van der Waals surface area contributed by atoms with Gasteiger partial charge in [-0.25, -0.2) is 0 Å². The number of rotatable bonds is 6. The fraction of sp³-hybridized carbons (Fsp3) is 0.333. The molecular formula is C21H24BrN3O2. The van der Waals surface area contributed by atoms with Gasteiger partial charge in [-0.2, -0.15) is 0 Å². The standard InChI is InChI=1S/C21H24BrN3O2/c1-24(2)13-16-7-4-3-6-15(16)12-23-21(27)17-10-20(26)25(14-17)19-9-5-8-18(22)11-19/h3-9,11,17H,10,12-14H2,1-2H3,(H,23,27)/t17-/m1/s1. The lowest BCUT2D eigenvalue weighted by Gasteiger charge is -2.18. The van der Waals surface area contributed by atoms with Crippen LogP contribution in [0.2, 0.25) is 0 Å². The lowest BCUT2D eigenvalue weighted by molar-refractivity contribution is -0.126. The second-order valence-electron chi connectivity index (χ2n) is 7.11. The largest absolute Gasteiger partial charge is 0.352 e. The van der Waals surface area contributed by atoms with Crippen LogP contribution < -0.4 is 10.2 Å². The molecule has 6 heteroatoms. The van der Waals surface area contributed by atoms with Crippen molar-refractivity contribution < 1.29 is 9.59 Å². The van der Waals surface area contributed by atoms with Gasteiger partial charge in [-0.05, 0) is 43.4 Å². The van der Waals surface area contributed by atoms with E-state index in [1.807, 2.05) is 56.6 Å². The van der Waals surface area contributed by atoms with Gasteiger partial charge in [0.2, 0.25) is 11.8 Å². The topological polar surface area (TPSA) is 52.7 Å². The monoisotopic (exact) mass is 429 g/mol. The second kappa shape index (κ2) is 8.67. The van der Waals surface area contributed by atoms with Crippen molar-refractivity contribution in [3.8, 4) is 0 Å². The number of carbonyl (C=O) groups is 2. The van der Waals surface area contributed by atoms with Crippen LogP contribution in [0, 0.1) is 5.92 Å². The zero-order valence-corrected chi connectivity index (χ0v) is 17.2. The maximum Gasteiger partial charge on any atom is 0.227 e. The van der Waals surface area contributed by atoms with Gasteiger partial charge in [0.05, 0.1) is 5.92 Å². The van der Waals surface area contributed by atoms with E-state index in [-0.39, 0.29) is 24.2 Å². The first kappa shape index (κ1) is 19.6. The Balaban J connectivity index is 1.62. The van der Waals surface area contributed by atoms with Crippen LogP contribution in [-0.2, 0) is 22.7 Å². The molecule has 0 saturated carbocycles. The molecule has 5 nitrogen and oxygen atoms in total. The number of halogens is 1. The molecule has 1 atom stereocenters. The first-order valence-corrected chi connectivity index (χ1v) is 9.78. The number of amides is 2. The molecule has 1 N–H and O–H groups in total. The Morgan fingerprint density at radius 3 is 2.63 bits per heavy atom. The van der Waals surface area contributed by atoms with Gasteiger partial charge in [-0.3, -0.25) is 9.59 Å². The fourth-order valence-electron chi connectivity index (χ4n) is 3.33.